The number of furan rings is 1. The maximum atomic E-state index is 12.6. The first kappa shape index (κ1) is 25.4. The molecule has 2 aliphatic rings. The van der Waals surface area contributed by atoms with Crippen molar-refractivity contribution in [3.05, 3.63) is 66.4 Å². The lowest BCUT2D eigenvalue weighted by molar-refractivity contribution is 0.0377. The number of carbonyl (C=O) groups excluding carboxylic acids is 1. The topological polar surface area (TPSA) is 89.7 Å². The Bertz CT molecular complexity index is 1460. The Balaban J connectivity index is 1.36. The first-order valence-electron chi connectivity index (χ1n) is 13.6. The van der Waals surface area contributed by atoms with E-state index in [0.29, 0.717) is 24.9 Å². The number of morpholine rings is 1. The summed E-state index contributed by atoms with van der Waals surface area (Å²) in [4.78, 5) is 24.2. The van der Waals surface area contributed by atoms with Gasteiger partial charge in [0.1, 0.15) is 11.4 Å². The number of aromatic nitrogens is 2. The van der Waals surface area contributed by atoms with E-state index in [9.17, 15) is 4.79 Å². The third kappa shape index (κ3) is 5.08. The Labute approximate surface area is 228 Å². The Morgan fingerprint density at radius 2 is 1.72 bits per heavy atom. The maximum Gasteiger partial charge on any atom is 0.408 e. The smallest absolute Gasteiger partial charge is 0.408 e. The zero-order valence-electron chi connectivity index (χ0n) is 22.7. The van der Waals surface area contributed by atoms with Gasteiger partial charge in [0.05, 0.1) is 24.1 Å². The fraction of sp³-hybridized carbons (Fsp3) is 0.387. The van der Waals surface area contributed by atoms with Crippen molar-refractivity contribution in [2.24, 2.45) is 0 Å². The fourth-order valence-corrected chi connectivity index (χ4v) is 5.34. The van der Waals surface area contributed by atoms with Crippen LogP contribution >= 0.6 is 0 Å². The van der Waals surface area contributed by atoms with Gasteiger partial charge >= 0.3 is 6.09 Å². The zero-order valence-corrected chi connectivity index (χ0v) is 22.7. The molecule has 2 aromatic carbocycles. The number of hydrogen-bond donors (Lipinski definition) is 1. The van der Waals surface area contributed by atoms with Gasteiger partial charge in [0.15, 0.2) is 0 Å². The van der Waals surface area contributed by atoms with Crippen LogP contribution in [-0.4, -0.2) is 48.0 Å². The standard InChI is InChI=1S/C31H34N4O4/c1-30(2,3)39-29(36)34-31(14-7-15-31)23-12-10-22(11-13-23)26-25(21-8-5-4-6-9-21)24-20-32-28(33-27(24)38-26)35-16-18-37-19-17-35/h4-6,8-13,20H,7,14-19H2,1-3H3,(H,34,36). The molecular weight excluding hydrogens is 492 g/mol. The molecule has 4 aromatic rings. The molecule has 3 heterocycles. The van der Waals surface area contributed by atoms with Crippen LogP contribution < -0.4 is 10.2 Å². The quantitative estimate of drug-likeness (QED) is 0.326. The summed E-state index contributed by atoms with van der Waals surface area (Å²) in [5.41, 5.74) is 3.63. The van der Waals surface area contributed by atoms with E-state index < -0.39 is 11.1 Å². The van der Waals surface area contributed by atoms with Crippen LogP contribution in [0.5, 0.6) is 0 Å². The molecule has 6 rings (SSSR count). The second-order valence-corrected chi connectivity index (χ2v) is 11.3. The number of carbonyl (C=O) groups is 1. The Hall–Kier alpha value is -3.91. The van der Waals surface area contributed by atoms with Crippen LogP contribution in [0.3, 0.4) is 0 Å². The van der Waals surface area contributed by atoms with Gasteiger partial charge in [-0.15, -0.1) is 0 Å². The SMILES string of the molecule is CC(C)(C)OC(=O)NC1(c2ccc(-c3oc4nc(N5CCOCC5)ncc4c3-c3ccccc3)cc2)CCC1. The Morgan fingerprint density at radius 3 is 2.36 bits per heavy atom. The van der Waals surface area contributed by atoms with Crippen molar-refractivity contribution in [1.29, 1.82) is 0 Å². The highest BCUT2D eigenvalue weighted by atomic mass is 16.6. The third-order valence-electron chi connectivity index (χ3n) is 7.44. The molecule has 0 spiro atoms. The number of nitrogens with zero attached hydrogens (tertiary/aromatic N) is 3. The average molecular weight is 527 g/mol. The number of ether oxygens (including phenoxy) is 2. The van der Waals surface area contributed by atoms with Crippen LogP contribution in [-0.2, 0) is 15.0 Å². The molecular formula is C31H34N4O4. The van der Waals surface area contributed by atoms with Gasteiger partial charge in [-0.1, -0.05) is 54.6 Å². The lowest BCUT2D eigenvalue weighted by Gasteiger charge is -2.43. The molecule has 0 radical (unpaired) electrons. The van der Waals surface area contributed by atoms with Crippen LogP contribution in [0.25, 0.3) is 33.6 Å². The number of hydrogen-bond acceptors (Lipinski definition) is 7. The predicted octanol–water partition coefficient (Wildman–Crippen LogP) is 6.30. The number of nitrogens with one attached hydrogen (secondary N) is 1. The second kappa shape index (κ2) is 10.0. The fourth-order valence-electron chi connectivity index (χ4n) is 5.34. The van der Waals surface area contributed by atoms with Crippen molar-refractivity contribution < 1.29 is 18.7 Å². The van der Waals surface area contributed by atoms with Crippen molar-refractivity contribution in [2.75, 3.05) is 31.2 Å². The van der Waals surface area contributed by atoms with Gasteiger partial charge in [0.25, 0.3) is 0 Å². The van der Waals surface area contributed by atoms with Gasteiger partial charge in [-0.3, -0.25) is 0 Å². The van der Waals surface area contributed by atoms with Crippen LogP contribution in [0.15, 0.2) is 65.2 Å². The van der Waals surface area contributed by atoms with Gasteiger partial charge in [0.2, 0.25) is 11.7 Å². The number of alkyl carbamates (subject to hydrolysis) is 1. The summed E-state index contributed by atoms with van der Waals surface area (Å²) in [6.45, 7) is 8.46. The first-order chi connectivity index (χ1) is 18.8. The summed E-state index contributed by atoms with van der Waals surface area (Å²) in [6.07, 6.45) is 4.30. The van der Waals surface area contributed by atoms with Gasteiger partial charge in [0, 0.05) is 30.4 Å². The molecule has 1 amide bonds. The minimum atomic E-state index is -0.543. The van der Waals surface area contributed by atoms with Crippen molar-refractivity contribution in [3.63, 3.8) is 0 Å². The van der Waals surface area contributed by atoms with E-state index in [2.05, 4.69) is 51.6 Å². The summed E-state index contributed by atoms with van der Waals surface area (Å²) in [6, 6.07) is 18.5. The molecule has 2 aromatic heterocycles. The lowest BCUT2D eigenvalue weighted by Crippen LogP contribution is -2.52. The maximum absolute atomic E-state index is 12.6. The summed E-state index contributed by atoms with van der Waals surface area (Å²) in [5.74, 6) is 1.40. The largest absolute Gasteiger partial charge is 0.444 e. The number of rotatable bonds is 5. The summed E-state index contributed by atoms with van der Waals surface area (Å²) in [5, 5.41) is 4.02. The summed E-state index contributed by atoms with van der Waals surface area (Å²) >= 11 is 0. The Morgan fingerprint density at radius 1 is 1.00 bits per heavy atom. The van der Waals surface area contributed by atoms with Gasteiger partial charge in [-0.25, -0.2) is 9.78 Å². The molecule has 8 nitrogen and oxygen atoms in total. The van der Waals surface area contributed by atoms with Crippen molar-refractivity contribution in [2.45, 2.75) is 51.2 Å². The first-order valence-corrected chi connectivity index (χ1v) is 13.6. The second-order valence-electron chi connectivity index (χ2n) is 11.3. The monoisotopic (exact) mass is 526 g/mol. The van der Waals surface area contributed by atoms with E-state index in [1.165, 1.54) is 0 Å². The molecule has 1 saturated heterocycles. The van der Waals surface area contributed by atoms with E-state index in [-0.39, 0.29) is 6.09 Å². The highest BCUT2D eigenvalue weighted by Gasteiger charge is 2.41. The highest BCUT2D eigenvalue weighted by Crippen LogP contribution is 2.44. The van der Waals surface area contributed by atoms with Crippen molar-refractivity contribution in [3.8, 4) is 22.5 Å². The number of fused-ring (bicyclic) bond motifs is 1. The molecule has 2 fully saturated rings. The van der Waals surface area contributed by atoms with E-state index in [4.69, 9.17) is 18.9 Å². The molecule has 0 atom stereocenters. The highest BCUT2D eigenvalue weighted by molar-refractivity contribution is 6.00. The molecule has 1 N–H and O–H groups in total. The van der Waals surface area contributed by atoms with Crippen LogP contribution in [0.2, 0.25) is 0 Å². The van der Waals surface area contributed by atoms with Crippen LogP contribution in [0, 0.1) is 0 Å². The molecule has 1 aliphatic carbocycles. The molecule has 202 valence electrons. The summed E-state index contributed by atoms with van der Waals surface area (Å²) < 4.78 is 17.5. The predicted molar refractivity (Wildman–Crippen MR) is 151 cm³/mol. The average Bonchev–Trinajstić information content (AvgIpc) is 3.30. The Kier molecular flexibility index (Phi) is 6.51. The summed E-state index contributed by atoms with van der Waals surface area (Å²) in [7, 11) is 0. The zero-order chi connectivity index (χ0) is 27.0. The van der Waals surface area contributed by atoms with E-state index >= 15 is 0 Å². The van der Waals surface area contributed by atoms with Crippen LogP contribution in [0.4, 0.5) is 10.7 Å². The normalized spacial score (nSPS) is 17.1. The number of amides is 1. The molecule has 39 heavy (non-hydrogen) atoms. The molecule has 8 heteroatoms. The van der Waals surface area contributed by atoms with E-state index in [1.807, 2.05) is 45.2 Å². The van der Waals surface area contributed by atoms with Gasteiger partial charge in [-0.05, 0) is 51.2 Å². The van der Waals surface area contributed by atoms with Gasteiger partial charge < -0.3 is 24.1 Å². The van der Waals surface area contributed by atoms with Crippen molar-refractivity contribution in [1.82, 2.24) is 15.3 Å². The van der Waals surface area contributed by atoms with E-state index in [1.54, 1.807) is 0 Å². The third-order valence-corrected chi connectivity index (χ3v) is 7.44. The molecule has 1 saturated carbocycles. The number of benzene rings is 2. The minimum Gasteiger partial charge on any atom is -0.444 e. The van der Waals surface area contributed by atoms with Crippen molar-refractivity contribution >= 4 is 23.1 Å². The minimum absolute atomic E-state index is 0.385. The molecule has 0 bridgehead atoms. The molecule has 1 aliphatic heterocycles. The van der Waals surface area contributed by atoms with Gasteiger partial charge in [-0.2, -0.15) is 4.98 Å². The number of anilines is 1. The van der Waals surface area contributed by atoms with Crippen LogP contribution in [0.1, 0.15) is 45.6 Å². The van der Waals surface area contributed by atoms with E-state index in [0.717, 1.165) is 65.8 Å². The lowest BCUT2D eigenvalue weighted by atomic mass is 9.71. The molecule has 0 unspecified atom stereocenters.